The van der Waals surface area contributed by atoms with E-state index in [1.54, 1.807) is 20.8 Å². The van der Waals surface area contributed by atoms with Gasteiger partial charge < -0.3 is 101 Å². The van der Waals surface area contributed by atoms with Crippen LogP contribution in [0.2, 0.25) is 0 Å². The maximum Gasteiger partial charge on any atom is 1.00 e. The number of nitrogens with one attached hydrogen (secondary N) is 5. The van der Waals surface area contributed by atoms with Crippen LogP contribution < -0.4 is 76.3 Å². The number of nitrogen functional groups attached to an aromatic ring is 1. The summed E-state index contributed by atoms with van der Waals surface area (Å²) >= 11 is 0. The number of aromatic nitrogens is 2. The molecule has 0 bridgehead atoms. The Kier molecular flexibility index (Phi) is 37.7. The largest absolute Gasteiger partial charge is 1.00 e. The van der Waals surface area contributed by atoms with Gasteiger partial charge in [-0.1, -0.05) is 0 Å². The molecule has 0 atom stereocenters. The number of hydrogen-bond donors (Lipinski definition) is 10. The topological polar surface area (TPSA) is 532 Å². The number of ketones is 4. The molecule has 0 fully saturated rings. The van der Waals surface area contributed by atoms with E-state index in [-0.39, 0.29) is 159 Å². The molecule has 4 heterocycles. The van der Waals surface area contributed by atoms with E-state index in [9.17, 15) is 75.1 Å². The Morgan fingerprint density at radius 3 is 1.09 bits per heavy atom. The smallest absolute Gasteiger partial charge is 0.870 e. The summed E-state index contributed by atoms with van der Waals surface area (Å²) in [7, 11) is 0. The second-order valence-corrected chi connectivity index (χ2v) is 23.9. The van der Waals surface area contributed by atoms with E-state index in [0.717, 1.165) is 74.5 Å². The van der Waals surface area contributed by atoms with E-state index in [0.29, 0.717) is 85.3 Å². The van der Waals surface area contributed by atoms with Crippen molar-refractivity contribution < 1.29 is 172 Å². The number of aryl methyl sites for hydroxylation is 4. The van der Waals surface area contributed by atoms with Crippen molar-refractivity contribution in [2.24, 2.45) is 0 Å². The van der Waals surface area contributed by atoms with Gasteiger partial charge in [-0.05, 0) is 108 Å². The van der Waals surface area contributed by atoms with Gasteiger partial charge in [-0.2, -0.15) is 0 Å². The maximum absolute atomic E-state index is 14.1. The van der Waals surface area contributed by atoms with Gasteiger partial charge in [0, 0.05) is 116 Å². The Morgan fingerprint density at radius 1 is 0.447 bits per heavy atom. The van der Waals surface area contributed by atoms with E-state index < -0.39 is 96.6 Å². The van der Waals surface area contributed by atoms with Crippen molar-refractivity contribution in [1.29, 1.82) is 0 Å². The minimum absolute atomic E-state index is 0. The minimum Gasteiger partial charge on any atom is -0.870 e. The van der Waals surface area contributed by atoms with E-state index in [2.05, 4.69) is 30.7 Å². The Hall–Kier alpha value is -12.5. The fourth-order valence-electron chi connectivity index (χ4n) is 11.1. The van der Waals surface area contributed by atoms with Crippen LogP contribution in [0.3, 0.4) is 0 Å². The number of halogens is 4. The molecule has 4 aromatic carbocycles. The first-order valence-corrected chi connectivity index (χ1v) is 34.2. The number of anilines is 4. The molecule has 3 amide bonds. The van der Waals surface area contributed by atoms with Crippen LogP contribution in [-0.2, 0) is 63.9 Å². The maximum atomic E-state index is 14.1. The van der Waals surface area contributed by atoms with E-state index in [1.807, 2.05) is 0 Å². The summed E-state index contributed by atoms with van der Waals surface area (Å²) in [6.07, 6.45) is 12.6. The average molecular weight is 1610 g/mol. The first-order valence-electron chi connectivity index (χ1n) is 34.2. The molecule has 0 radical (unpaired) electrons. The summed E-state index contributed by atoms with van der Waals surface area (Å²) in [6, 6.07) is 15.2. The van der Waals surface area contributed by atoms with Crippen molar-refractivity contribution in [2.45, 2.75) is 105 Å². The van der Waals surface area contributed by atoms with Crippen LogP contribution in [0.4, 0.5) is 40.3 Å². The number of nitrogens with two attached hydrogens (primary N) is 1. The van der Waals surface area contributed by atoms with Gasteiger partial charge in [0.2, 0.25) is 0 Å². The van der Waals surface area contributed by atoms with E-state index in [1.165, 1.54) is 67.2 Å². The molecule has 8 aromatic rings. The van der Waals surface area contributed by atoms with Crippen LogP contribution in [0.15, 0.2) is 107 Å². The summed E-state index contributed by atoms with van der Waals surface area (Å²) in [5.74, 6) is -9.25. The number of rotatable bonds is 22. The number of carbonyl (C=O) groups is 13. The van der Waals surface area contributed by atoms with Gasteiger partial charge in [0.1, 0.15) is 29.6 Å². The minimum atomic E-state index is -1.22. The molecule has 0 saturated carbocycles. The molecule has 33 nitrogen and oxygen atoms in total. The summed E-state index contributed by atoms with van der Waals surface area (Å²) in [5.41, 5.74) is 9.69. The van der Waals surface area contributed by atoms with Crippen LogP contribution in [-0.4, -0.2) is 154 Å². The van der Waals surface area contributed by atoms with Gasteiger partial charge in [0.25, 0.3) is 23.7 Å². The number of carboxylic acid groups (broad SMARTS) is 3. The zero-order valence-corrected chi connectivity index (χ0v) is 64.2. The molecule has 4 aromatic heterocycles. The molecule has 0 saturated heterocycles. The zero-order valence-electron chi connectivity index (χ0n) is 62.2. The van der Waals surface area contributed by atoms with Crippen molar-refractivity contribution in [2.75, 3.05) is 67.9 Å². The normalized spacial score (nSPS) is 12.4. The predicted octanol–water partition coefficient (Wildman–Crippen LogP) is 8.31. The van der Waals surface area contributed by atoms with Crippen LogP contribution in [0.1, 0.15) is 185 Å². The first kappa shape index (κ1) is 93.9. The second-order valence-electron chi connectivity index (χ2n) is 23.9. The van der Waals surface area contributed by atoms with Gasteiger partial charge in [-0.15, -0.1) is 0 Å². The van der Waals surface area contributed by atoms with Gasteiger partial charge in [-0.25, -0.2) is 41.5 Å². The summed E-state index contributed by atoms with van der Waals surface area (Å²) < 4.78 is 99.4. The molecule has 4 aliphatic carbocycles. The summed E-state index contributed by atoms with van der Waals surface area (Å²) in [4.78, 5) is 154. The number of Topliss-reactive ketones (excluding diaryl/α,β-unsaturated/α-hetero) is 4. The molecular formula is C76H80F4N7NaO26. The number of aliphatic carboxylic acids is 2. The number of furan rings is 2. The standard InChI is InChI=1S/C19H19FN2O5.C19H18FNO6.C17H15FN2O5.C10H12FNO3.C9H8O4.C2H4O2.H3N.Na.H2O/c1-2-26-17(24)10-27-16-7-6-11(8-13(16)20)22-19(25)12-9-21-14-4-3-5-15(23)18(12)14;1-2-25-17(23)10-27-15-7-6-11(8-13(15)20)21-19(24)12-9-26-16-5-3-4-14(22)18(12)16;18-11-6-9(4-5-14(11)25-8-15(22)23)20-17(24)10-7-19-12-2-1-3-13(21)16(10)12;1-2-14-10(13)6-15-9-4-3-7(12)5-8(9)11;10-6-2-1-3-7-8(6)5(4-13-7)9(11)12;1-2(3)4;;;/h6-9,21H,2-5,10H2,1H3,(H,22,25);6-9H,2-5,10H2,1H3,(H,21,24);4-7,19H,1-3,8H2,(H,20,24)(H,22,23);3-5H,2,6,12H2,1H3;4H,1-3H2,(H,11,12);1H3,(H,3,4);1H3;;1H2/q;;;;;;;+1;/p-1. The monoisotopic (exact) mass is 1610 g/mol. The SMILES string of the molecule is CC(=O)O.CCOC(=O)COc1ccc(N)cc1F.CCOC(=O)COc1ccc(NC(=O)c2c[nH]c3c2C(=O)CCC3)cc1F.CCOC(=O)COc1ccc(NC(=O)c2coc3c2C(=O)CCC3)cc1F.N.O=C(O)COc1ccc(NC(=O)c2c[nH]c3c2C(=O)CCC3)cc1F.O=C(O)c1coc2c1C(=O)CCC2.[Na+].[OH-]. The molecule has 14 N–H and O–H groups in total. The quantitative estimate of drug-likeness (QED) is 0.0100. The molecule has 0 unspecified atom stereocenters. The fourth-order valence-corrected chi connectivity index (χ4v) is 11.1. The van der Waals surface area contributed by atoms with Crippen molar-refractivity contribution >= 4 is 99.4 Å². The number of aromatic carboxylic acids is 1. The fraction of sp³-hybridized carbons (Fsp3) is 0.303. The third-order valence-corrected chi connectivity index (χ3v) is 15.8. The number of carboxylic acids is 3. The predicted molar refractivity (Wildman–Crippen MR) is 389 cm³/mol. The van der Waals surface area contributed by atoms with Crippen LogP contribution in [0, 0.1) is 23.3 Å². The number of amides is 3. The molecule has 0 aliphatic heterocycles. The van der Waals surface area contributed by atoms with E-state index >= 15 is 0 Å². The molecular weight excluding hydrogens is 1530 g/mol. The van der Waals surface area contributed by atoms with Crippen LogP contribution >= 0.6 is 0 Å². The van der Waals surface area contributed by atoms with Crippen molar-refractivity contribution in [3.63, 3.8) is 0 Å². The number of benzene rings is 4. The Bertz CT molecular complexity index is 4650. The first-order chi connectivity index (χ1) is 53.0. The molecule has 114 heavy (non-hydrogen) atoms. The Morgan fingerprint density at radius 2 is 0.754 bits per heavy atom. The van der Waals surface area contributed by atoms with Crippen LogP contribution in [0.5, 0.6) is 23.0 Å². The number of esters is 3. The third kappa shape index (κ3) is 27.2. The number of hydrogen-bond acceptors (Lipinski definition) is 25. The molecule has 38 heteroatoms. The Balaban J connectivity index is 0.000000301. The number of carbonyl (C=O) groups excluding carboxylic acids is 10. The molecule has 12 rings (SSSR count). The average Bonchev–Trinajstić information content (AvgIpc) is 1.66. The van der Waals surface area contributed by atoms with Crippen molar-refractivity contribution in [3.8, 4) is 23.0 Å². The molecule has 604 valence electrons. The number of H-pyrrole nitrogens is 2. The van der Waals surface area contributed by atoms with Gasteiger partial charge >= 0.3 is 59.4 Å². The Labute approximate surface area is 668 Å². The van der Waals surface area contributed by atoms with Crippen molar-refractivity contribution in [1.82, 2.24) is 16.1 Å². The number of fused-ring (bicyclic) bond motifs is 4. The van der Waals surface area contributed by atoms with Crippen LogP contribution in [0.25, 0.3) is 0 Å². The second kappa shape index (κ2) is 45.8. The third-order valence-electron chi connectivity index (χ3n) is 15.8. The van der Waals surface area contributed by atoms with Crippen molar-refractivity contribution in [3.05, 3.63) is 188 Å². The number of aromatic amines is 2. The molecule has 0 spiro atoms. The van der Waals surface area contributed by atoms with Gasteiger partial charge in [-0.3, -0.25) is 38.4 Å². The number of ether oxygens (including phenoxy) is 7. The zero-order chi connectivity index (χ0) is 81.0. The van der Waals surface area contributed by atoms with Gasteiger partial charge in [0.15, 0.2) is 95.8 Å². The summed E-state index contributed by atoms with van der Waals surface area (Å²) in [5, 5.41) is 32.3. The van der Waals surface area contributed by atoms with Gasteiger partial charge in [0.05, 0.1) is 58.8 Å². The summed E-state index contributed by atoms with van der Waals surface area (Å²) in [6.45, 7) is 4.96. The van der Waals surface area contributed by atoms with E-state index in [4.69, 9.17) is 63.1 Å². The molecule has 4 aliphatic rings.